The number of para-hydroxylation sites is 2. The predicted octanol–water partition coefficient (Wildman–Crippen LogP) is 3.34. The summed E-state index contributed by atoms with van der Waals surface area (Å²) >= 11 is 0. The maximum absolute atomic E-state index is 12.7. The standard InChI is InChI=1S/C20H22N2O7/c1-20(2,3)29-19(25)21-15(12-13-8-10-14(23)11-9-13)18(24)28-17-7-5-4-6-16(17)22(26)27/h4-11,15,23H,12H2,1-3H3,(H,21,25)/t15-/m0/s1. The first-order valence-corrected chi connectivity index (χ1v) is 8.77. The summed E-state index contributed by atoms with van der Waals surface area (Å²) in [7, 11) is 0. The number of nitrogens with zero attached hydrogens (tertiary/aromatic N) is 1. The largest absolute Gasteiger partial charge is 0.508 e. The van der Waals surface area contributed by atoms with E-state index in [1.54, 1.807) is 32.9 Å². The van der Waals surface area contributed by atoms with Crippen LogP contribution in [0.15, 0.2) is 48.5 Å². The molecule has 9 nitrogen and oxygen atoms in total. The molecule has 0 aliphatic rings. The molecule has 2 N–H and O–H groups in total. The summed E-state index contributed by atoms with van der Waals surface area (Å²) in [5.41, 5.74) is -0.528. The summed E-state index contributed by atoms with van der Waals surface area (Å²) in [6, 6.07) is 10.3. The second kappa shape index (κ2) is 9.05. The molecule has 0 saturated heterocycles. The average Bonchev–Trinajstić information content (AvgIpc) is 2.61. The van der Waals surface area contributed by atoms with Gasteiger partial charge in [-0.2, -0.15) is 0 Å². The van der Waals surface area contributed by atoms with Crippen LogP contribution in [0.4, 0.5) is 10.5 Å². The number of carbonyl (C=O) groups is 2. The van der Waals surface area contributed by atoms with Gasteiger partial charge in [-0.05, 0) is 44.5 Å². The van der Waals surface area contributed by atoms with Gasteiger partial charge >= 0.3 is 17.7 Å². The number of nitro benzene ring substituents is 1. The van der Waals surface area contributed by atoms with Crippen molar-refractivity contribution in [2.75, 3.05) is 0 Å². The molecule has 9 heteroatoms. The van der Waals surface area contributed by atoms with E-state index in [9.17, 15) is 24.8 Å². The number of amides is 1. The lowest BCUT2D eigenvalue weighted by molar-refractivity contribution is -0.385. The lowest BCUT2D eigenvalue weighted by Gasteiger charge is -2.23. The minimum Gasteiger partial charge on any atom is -0.508 e. The highest BCUT2D eigenvalue weighted by atomic mass is 16.6. The van der Waals surface area contributed by atoms with E-state index in [2.05, 4.69) is 5.32 Å². The third-order valence-corrected chi connectivity index (χ3v) is 3.62. The van der Waals surface area contributed by atoms with Crippen molar-refractivity contribution in [1.29, 1.82) is 0 Å². The molecular weight excluding hydrogens is 380 g/mol. The molecule has 0 heterocycles. The Labute approximate surface area is 167 Å². The van der Waals surface area contributed by atoms with Crippen molar-refractivity contribution < 1.29 is 29.1 Å². The highest BCUT2D eigenvalue weighted by Crippen LogP contribution is 2.26. The number of phenolic OH excluding ortho intramolecular Hbond substituents is 1. The van der Waals surface area contributed by atoms with Gasteiger partial charge in [-0.1, -0.05) is 24.3 Å². The Morgan fingerprint density at radius 2 is 1.76 bits per heavy atom. The molecule has 1 atom stereocenters. The summed E-state index contributed by atoms with van der Waals surface area (Å²) in [6.45, 7) is 5.02. The molecule has 0 aliphatic heterocycles. The number of esters is 1. The number of hydrogen-bond donors (Lipinski definition) is 2. The van der Waals surface area contributed by atoms with Gasteiger partial charge in [-0.15, -0.1) is 0 Å². The van der Waals surface area contributed by atoms with Gasteiger partial charge in [0.1, 0.15) is 17.4 Å². The molecular formula is C20H22N2O7. The molecule has 0 radical (unpaired) electrons. The topological polar surface area (TPSA) is 128 Å². The molecule has 2 rings (SSSR count). The molecule has 0 aromatic heterocycles. The van der Waals surface area contributed by atoms with Crippen LogP contribution in [0.1, 0.15) is 26.3 Å². The first-order chi connectivity index (χ1) is 13.5. The maximum Gasteiger partial charge on any atom is 0.408 e. The predicted molar refractivity (Wildman–Crippen MR) is 104 cm³/mol. The van der Waals surface area contributed by atoms with Crippen molar-refractivity contribution >= 4 is 17.7 Å². The van der Waals surface area contributed by atoms with E-state index < -0.39 is 28.6 Å². The number of nitro groups is 1. The Balaban J connectivity index is 2.23. The summed E-state index contributed by atoms with van der Waals surface area (Å²) in [5, 5.41) is 23.0. The molecule has 0 aliphatic carbocycles. The number of aromatic hydroxyl groups is 1. The molecule has 0 spiro atoms. The lowest BCUT2D eigenvalue weighted by atomic mass is 10.1. The van der Waals surface area contributed by atoms with E-state index in [-0.39, 0.29) is 23.6 Å². The van der Waals surface area contributed by atoms with Gasteiger partial charge in [0.2, 0.25) is 5.75 Å². The van der Waals surface area contributed by atoms with E-state index in [1.165, 1.54) is 36.4 Å². The summed E-state index contributed by atoms with van der Waals surface area (Å²) in [5.74, 6) is -1.07. The van der Waals surface area contributed by atoms with E-state index in [1.807, 2.05) is 0 Å². The first kappa shape index (κ1) is 21.7. The number of hydrogen-bond acceptors (Lipinski definition) is 7. The fraction of sp³-hybridized carbons (Fsp3) is 0.300. The van der Waals surface area contributed by atoms with Crippen molar-refractivity contribution in [3.05, 3.63) is 64.2 Å². The van der Waals surface area contributed by atoms with Gasteiger partial charge in [-0.25, -0.2) is 9.59 Å². The summed E-state index contributed by atoms with van der Waals surface area (Å²) in [4.78, 5) is 35.3. The van der Waals surface area contributed by atoms with Crippen molar-refractivity contribution in [2.45, 2.75) is 38.8 Å². The second-order valence-electron chi connectivity index (χ2n) is 7.22. The normalized spacial score (nSPS) is 12.0. The Morgan fingerprint density at radius 3 is 2.34 bits per heavy atom. The number of rotatable bonds is 6. The lowest BCUT2D eigenvalue weighted by Crippen LogP contribution is -2.46. The number of nitrogens with one attached hydrogen (secondary N) is 1. The van der Waals surface area contributed by atoms with Gasteiger partial charge in [0.25, 0.3) is 0 Å². The van der Waals surface area contributed by atoms with Crippen LogP contribution in [0, 0.1) is 10.1 Å². The van der Waals surface area contributed by atoms with E-state index in [4.69, 9.17) is 9.47 Å². The zero-order valence-corrected chi connectivity index (χ0v) is 16.2. The maximum atomic E-state index is 12.7. The average molecular weight is 402 g/mol. The van der Waals surface area contributed by atoms with Gasteiger partial charge in [0.05, 0.1) is 4.92 Å². The molecule has 2 aromatic carbocycles. The van der Waals surface area contributed by atoms with Crippen LogP contribution in [-0.2, 0) is 16.0 Å². The van der Waals surface area contributed by atoms with Gasteiger partial charge in [-0.3, -0.25) is 10.1 Å². The smallest absolute Gasteiger partial charge is 0.408 e. The van der Waals surface area contributed by atoms with Crippen LogP contribution in [0.3, 0.4) is 0 Å². The minimum atomic E-state index is -1.17. The number of phenols is 1. The highest BCUT2D eigenvalue weighted by Gasteiger charge is 2.28. The SMILES string of the molecule is CC(C)(C)OC(=O)N[C@@H](Cc1ccc(O)cc1)C(=O)Oc1ccccc1[N+](=O)[O-]. The molecule has 1 amide bonds. The van der Waals surface area contributed by atoms with E-state index in [0.717, 1.165) is 0 Å². The molecule has 0 saturated carbocycles. The van der Waals surface area contributed by atoms with Crippen molar-refractivity contribution in [3.63, 3.8) is 0 Å². The van der Waals surface area contributed by atoms with Crippen LogP contribution in [0.2, 0.25) is 0 Å². The van der Waals surface area contributed by atoms with Crippen molar-refractivity contribution in [1.82, 2.24) is 5.32 Å². The van der Waals surface area contributed by atoms with Crippen LogP contribution < -0.4 is 10.1 Å². The minimum absolute atomic E-state index is 0.0268. The number of benzene rings is 2. The number of carbonyl (C=O) groups excluding carboxylic acids is 2. The zero-order valence-electron chi connectivity index (χ0n) is 16.2. The number of alkyl carbamates (subject to hydrolysis) is 1. The van der Waals surface area contributed by atoms with Crippen molar-refractivity contribution in [2.24, 2.45) is 0 Å². The zero-order chi connectivity index (χ0) is 21.6. The Kier molecular flexibility index (Phi) is 6.76. The van der Waals surface area contributed by atoms with Crippen molar-refractivity contribution in [3.8, 4) is 11.5 Å². The van der Waals surface area contributed by atoms with E-state index in [0.29, 0.717) is 5.56 Å². The fourth-order valence-electron chi connectivity index (χ4n) is 2.38. The summed E-state index contributed by atoms with van der Waals surface area (Å²) in [6.07, 6.45) is -0.806. The quantitative estimate of drug-likeness (QED) is 0.328. The van der Waals surface area contributed by atoms with Gasteiger partial charge in [0.15, 0.2) is 0 Å². The third-order valence-electron chi connectivity index (χ3n) is 3.62. The Morgan fingerprint density at radius 1 is 1.14 bits per heavy atom. The van der Waals surface area contributed by atoms with Crippen LogP contribution in [0.25, 0.3) is 0 Å². The Bertz CT molecular complexity index is 888. The molecule has 0 fully saturated rings. The van der Waals surface area contributed by atoms with Crippen LogP contribution in [-0.4, -0.2) is 33.7 Å². The van der Waals surface area contributed by atoms with Gasteiger partial charge < -0.3 is 19.9 Å². The summed E-state index contributed by atoms with van der Waals surface area (Å²) < 4.78 is 10.4. The second-order valence-corrected chi connectivity index (χ2v) is 7.22. The highest BCUT2D eigenvalue weighted by molar-refractivity contribution is 5.84. The van der Waals surface area contributed by atoms with Gasteiger partial charge in [0, 0.05) is 12.5 Å². The van der Waals surface area contributed by atoms with Crippen LogP contribution >= 0.6 is 0 Å². The first-order valence-electron chi connectivity index (χ1n) is 8.77. The molecule has 29 heavy (non-hydrogen) atoms. The van der Waals surface area contributed by atoms with E-state index >= 15 is 0 Å². The Hall–Kier alpha value is -3.62. The molecule has 0 unspecified atom stereocenters. The monoisotopic (exact) mass is 402 g/mol. The third kappa shape index (κ3) is 6.80. The van der Waals surface area contributed by atoms with Crippen LogP contribution in [0.5, 0.6) is 11.5 Å². The molecule has 2 aromatic rings. The molecule has 154 valence electrons. The number of ether oxygens (including phenoxy) is 2. The fourth-order valence-corrected chi connectivity index (χ4v) is 2.38. The molecule has 0 bridgehead atoms.